The van der Waals surface area contributed by atoms with E-state index in [1.807, 2.05) is 11.8 Å². The molecular weight excluding hydrogens is 272 g/mol. The first-order chi connectivity index (χ1) is 9.66. The van der Waals surface area contributed by atoms with Crippen LogP contribution in [0.1, 0.15) is 38.5 Å². The van der Waals surface area contributed by atoms with Gasteiger partial charge in [-0.3, -0.25) is 4.79 Å². The van der Waals surface area contributed by atoms with Gasteiger partial charge in [0, 0.05) is 18.4 Å². The van der Waals surface area contributed by atoms with E-state index in [-0.39, 0.29) is 16.1 Å². The Hall–Kier alpha value is -0.260. The predicted octanol–water partition coefficient (Wildman–Crippen LogP) is 1.79. The second kappa shape index (κ2) is 7.14. The highest BCUT2D eigenvalue weighted by molar-refractivity contribution is 8.00. The molecule has 1 aliphatic heterocycles. The minimum atomic E-state index is -0.321. The number of piperidine rings is 1. The molecule has 1 saturated heterocycles. The summed E-state index contributed by atoms with van der Waals surface area (Å²) in [5.74, 6) is 0.196. The average Bonchev–Trinajstić information content (AvgIpc) is 2.95. The molecule has 2 aliphatic rings. The molecule has 0 atom stereocenters. The number of amides is 1. The molecule has 2 rings (SSSR count). The molecule has 20 heavy (non-hydrogen) atoms. The third-order valence-corrected chi connectivity index (χ3v) is 6.40. The number of methoxy groups -OCH3 is 1. The van der Waals surface area contributed by atoms with Crippen molar-refractivity contribution in [1.29, 1.82) is 0 Å². The molecule has 0 spiro atoms. The van der Waals surface area contributed by atoms with Gasteiger partial charge in [-0.2, -0.15) is 11.8 Å². The molecule has 116 valence electrons. The largest absolute Gasteiger partial charge is 0.384 e. The molecule has 1 aliphatic carbocycles. The van der Waals surface area contributed by atoms with Crippen LogP contribution in [-0.2, 0) is 9.53 Å². The summed E-state index contributed by atoms with van der Waals surface area (Å²) < 4.78 is 5.61. The van der Waals surface area contributed by atoms with Crippen molar-refractivity contribution < 1.29 is 9.53 Å². The number of hydrogen-bond acceptors (Lipinski definition) is 4. The fourth-order valence-electron chi connectivity index (χ4n) is 3.52. The number of carbonyl (C=O) groups is 1. The van der Waals surface area contributed by atoms with E-state index in [1.165, 1.54) is 25.7 Å². The zero-order valence-corrected chi connectivity index (χ0v) is 13.6. The summed E-state index contributed by atoms with van der Waals surface area (Å²) >= 11 is 1.92. The van der Waals surface area contributed by atoms with E-state index >= 15 is 0 Å². The molecule has 0 aromatic heterocycles. The van der Waals surface area contributed by atoms with E-state index in [9.17, 15) is 4.79 Å². The predicted molar refractivity (Wildman–Crippen MR) is 84.1 cm³/mol. The van der Waals surface area contributed by atoms with Crippen LogP contribution in [0, 0.1) is 5.41 Å². The van der Waals surface area contributed by atoms with Crippen LogP contribution in [-0.4, -0.2) is 50.3 Å². The minimum absolute atomic E-state index is 0.196. The summed E-state index contributed by atoms with van der Waals surface area (Å²) in [4.78, 5) is 12.7. The van der Waals surface area contributed by atoms with Crippen LogP contribution in [0.25, 0.3) is 0 Å². The van der Waals surface area contributed by atoms with Gasteiger partial charge < -0.3 is 15.4 Å². The summed E-state index contributed by atoms with van der Waals surface area (Å²) in [5.41, 5.74) is -0.321. The fraction of sp³-hybridized carbons (Fsp3) is 0.933. The maximum Gasteiger partial charge on any atom is 0.228 e. The fourth-order valence-corrected chi connectivity index (χ4v) is 4.43. The van der Waals surface area contributed by atoms with Gasteiger partial charge in [-0.05, 0) is 45.0 Å². The van der Waals surface area contributed by atoms with Crippen LogP contribution in [0.2, 0.25) is 0 Å². The summed E-state index contributed by atoms with van der Waals surface area (Å²) in [6.07, 6.45) is 8.97. The normalized spacial score (nSPS) is 24.5. The highest BCUT2D eigenvalue weighted by atomic mass is 32.2. The number of hydrogen-bond donors (Lipinski definition) is 2. The van der Waals surface area contributed by atoms with E-state index in [0.717, 1.165) is 32.5 Å². The lowest BCUT2D eigenvalue weighted by Crippen LogP contribution is -2.52. The topological polar surface area (TPSA) is 50.4 Å². The summed E-state index contributed by atoms with van der Waals surface area (Å²) in [6.45, 7) is 3.16. The molecule has 0 unspecified atom stereocenters. The quantitative estimate of drug-likeness (QED) is 0.785. The maximum absolute atomic E-state index is 12.7. The summed E-state index contributed by atoms with van der Waals surface area (Å²) in [5, 5.41) is 6.57. The number of nitrogens with one attached hydrogen (secondary N) is 2. The molecule has 0 bridgehead atoms. The molecular formula is C15H28N2O2S. The Bertz CT molecular complexity index is 318. The highest BCUT2D eigenvalue weighted by Gasteiger charge is 2.41. The molecule has 1 amide bonds. The van der Waals surface area contributed by atoms with Gasteiger partial charge >= 0.3 is 0 Å². The van der Waals surface area contributed by atoms with Crippen molar-refractivity contribution in [2.75, 3.05) is 39.6 Å². The van der Waals surface area contributed by atoms with E-state index in [0.29, 0.717) is 6.61 Å². The first kappa shape index (κ1) is 16.1. The van der Waals surface area contributed by atoms with Gasteiger partial charge in [0.15, 0.2) is 0 Å². The van der Waals surface area contributed by atoms with Gasteiger partial charge in [-0.25, -0.2) is 0 Å². The van der Waals surface area contributed by atoms with Gasteiger partial charge in [-0.15, -0.1) is 0 Å². The van der Waals surface area contributed by atoms with Crippen LogP contribution in [0.15, 0.2) is 0 Å². The summed E-state index contributed by atoms with van der Waals surface area (Å²) in [6, 6.07) is 0. The van der Waals surface area contributed by atoms with E-state index in [2.05, 4.69) is 16.9 Å². The molecule has 1 heterocycles. The van der Waals surface area contributed by atoms with Crippen molar-refractivity contribution in [1.82, 2.24) is 10.6 Å². The second-order valence-corrected chi connectivity index (χ2v) is 7.51. The Morgan fingerprint density at radius 2 is 1.90 bits per heavy atom. The molecule has 0 radical (unpaired) electrons. The van der Waals surface area contributed by atoms with Crippen molar-refractivity contribution >= 4 is 17.7 Å². The van der Waals surface area contributed by atoms with Crippen molar-refractivity contribution in [3.63, 3.8) is 0 Å². The Kier molecular flexibility index (Phi) is 5.75. The summed E-state index contributed by atoms with van der Waals surface area (Å²) in [7, 11) is 1.69. The van der Waals surface area contributed by atoms with E-state index in [1.54, 1.807) is 7.11 Å². The Morgan fingerprint density at radius 1 is 1.25 bits per heavy atom. The third kappa shape index (κ3) is 3.49. The molecule has 5 heteroatoms. The smallest absolute Gasteiger partial charge is 0.228 e. The van der Waals surface area contributed by atoms with Crippen molar-refractivity contribution in [2.45, 2.75) is 43.3 Å². The van der Waals surface area contributed by atoms with Crippen LogP contribution >= 0.6 is 11.8 Å². The van der Waals surface area contributed by atoms with E-state index in [4.69, 9.17) is 4.74 Å². The number of ether oxygens (including phenoxy) is 1. The van der Waals surface area contributed by atoms with Gasteiger partial charge in [0.2, 0.25) is 5.91 Å². The zero-order valence-electron chi connectivity index (χ0n) is 12.8. The SMILES string of the molecule is COCC1(C(=O)NCC2(SC)CCCC2)CCNCC1. The van der Waals surface area contributed by atoms with Gasteiger partial charge in [0.05, 0.1) is 12.0 Å². The Balaban J connectivity index is 1.94. The first-order valence-electron chi connectivity index (χ1n) is 7.70. The second-order valence-electron chi connectivity index (χ2n) is 6.24. The lowest BCUT2D eigenvalue weighted by molar-refractivity contribution is -0.136. The lowest BCUT2D eigenvalue weighted by atomic mass is 9.78. The van der Waals surface area contributed by atoms with Gasteiger partial charge in [0.1, 0.15) is 0 Å². The standard InChI is InChI=1S/C15H28N2O2S/c1-19-12-14(7-9-16-10-8-14)13(18)17-11-15(20-2)5-3-4-6-15/h16H,3-12H2,1-2H3,(H,17,18). The van der Waals surface area contributed by atoms with Gasteiger partial charge in [0.25, 0.3) is 0 Å². The molecule has 1 saturated carbocycles. The maximum atomic E-state index is 12.7. The molecule has 2 fully saturated rings. The first-order valence-corrected chi connectivity index (χ1v) is 8.92. The monoisotopic (exact) mass is 300 g/mol. The minimum Gasteiger partial charge on any atom is -0.384 e. The Labute approximate surface area is 126 Å². The number of rotatable bonds is 6. The zero-order chi connectivity index (χ0) is 14.5. The third-order valence-electron chi connectivity index (χ3n) is 4.98. The number of carbonyl (C=O) groups excluding carboxylic acids is 1. The van der Waals surface area contributed by atoms with Crippen LogP contribution in [0.5, 0.6) is 0 Å². The van der Waals surface area contributed by atoms with Crippen LogP contribution in [0.3, 0.4) is 0 Å². The number of thioether (sulfide) groups is 1. The average molecular weight is 300 g/mol. The van der Waals surface area contributed by atoms with Crippen molar-refractivity contribution in [3.8, 4) is 0 Å². The van der Waals surface area contributed by atoms with Gasteiger partial charge in [-0.1, -0.05) is 12.8 Å². The molecule has 4 nitrogen and oxygen atoms in total. The van der Waals surface area contributed by atoms with Crippen molar-refractivity contribution in [2.24, 2.45) is 5.41 Å². The van der Waals surface area contributed by atoms with Crippen LogP contribution in [0.4, 0.5) is 0 Å². The lowest BCUT2D eigenvalue weighted by Gasteiger charge is -2.37. The van der Waals surface area contributed by atoms with Crippen LogP contribution < -0.4 is 10.6 Å². The molecule has 0 aromatic rings. The molecule has 0 aromatic carbocycles. The molecule has 2 N–H and O–H groups in total. The Morgan fingerprint density at radius 3 is 2.45 bits per heavy atom. The van der Waals surface area contributed by atoms with E-state index < -0.39 is 0 Å². The highest BCUT2D eigenvalue weighted by Crippen LogP contribution is 2.40. The van der Waals surface area contributed by atoms with Crippen molar-refractivity contribution in [3.05, 3.63) is 0 Å².